The SMILES string of the molecule is CO[Si](CCCC(C)CC(=O)NC(C)(C)C)(OC)OC. The molecule has 0 radical (unpaired) electrons. The van der Waals surface area contributed by atoms with E-state index in [0.717, 1.165) is 18.9 Å². The number of hydrogen-bond donors (Lipinski definition) is 1. The summed E-state index contributed by atoms with van der Waals surface area (Å²) in [5, 5.41) is 2.99. The Morgan fingerprint density at radius 1 is 1.15 bits per heavy atom. The Kier molecular flexibility index (Phi) is 8.58. The Morgan fingerprint density at radius 3 is 2.05 bits per heavy atom. The van der Waals surface area contributed by atoms with E-state index in [2.05, 4.69) is 12.2 Å². The van der Waals surface area contributed by atoms with E-state index >= 15 is 0 Å². The van der Waals surface area contributed by atoms with Crippen molar-refractivity contribution < 1.29 is 18.1 Å². The molecule has 0 aromatic heterocycles. The van der Waals surface area contributed by atoms with Crippen molar-refractivity contribution in [1.29, 1.82) is 0 Å². The van der Waals surface area contributed by atoms with Crippen LogP contribution in [0.4, 0.5) is 0 Å². The van der Waals surface area contributed by atoms with E-state index in [4.69, 9.17) is 13.3 Å². The summed E-state index contributed by atoms with van der Waals surface area (Å²) in [4.78, 5) is 11.8. The van der Waals surface area contributed by atoms with E-state index in [9.17, 15) is 4.79 Å². The molecule has 0 aliphatic rings. The van der Waals surface area contributed by atoms with Crippen LogP contribution in [-0.2, 0) is 18.1 Å². The van der Waals surface area contributed by atoms with Crippen molar-refractivity contribution in [3.63, 3.8) is 0 Å². The van der Waals surface area contributed by atoms with Crippen LogP contribution >= 0.6 is 0 Å². The van der Waals surface area contributed by atoms with E-state index in [1.54, 1.807) is 21.3 Å². The van der Waals surface area contributed by atoms with Gasteiger partial charge >= 0.3 is 8.80 Å². The summed E-state index contributed by atoms with van der Waals surface area (Å²) < 4.78 is 16.1. The molecule has 1 amide bonds. The monoisotopic (exact) mass is 305 g/mol. The maximum atomic E-state index is 11.8. The molecule has 1 atom stereocenters. The van der Waals surface area contributed by atoms with Gasteiger partial charge in [0.1, 0.15) is 0 Å². The quantitative estimate of drug-likeness (QED) is 0.665. The van der Waals surface area contributed by atoms with Gasteiger partial charge in [0.25, 0.3) is 0 Å². The van der Waals surface area contributed by atoms with E-state index < -0.39 is 8.80 Å². The third-order valence-corrected chi connectivity index (χ3v) is 5.99. The summed E-state index contributed by atoms with van der Waals surface area (Å²) in [6.45, 7) is 8.07. The standard InChI is InChI=1S/C14H31NO4Si/c1-12(11-13(16)15-14(2,3)4)9-8-10-20(17-5,18-6)19-7/h12H,8-11H2,1-7H3,(H,15,16). The molecule has 0 saturated heterocycles. The number of hydrogen-bond acceptors (Lipinski definition) is 4. The molecule has 0 aromatic rings. The molecular formula is C14H31NO4Si. The van der Waals surface area contributed by atoms with Gasteiger partial charge < -0.3 is 18.6 Å². The van der Waals surface area contributed by atoms with Crippen molar-refractivity contribution in [1.82, 2.24) is 5.32 Å². The normalized spacial score (nSPS) is 14.2. The molecule has 1 unspecified atom stereocenters. The van der Waals surface area contributed by atoms with Gasteiger partial charge in [-0.1, -0.05) is 13.3 Å². The molecule has 0 bridgehead atoms. The minimum atomic E-state index is -2.46. The highest BCUT2D eigenvalue weighted by Crippen LogP contribution is 2.20. The van der Waals surface area contributed by atoms with Crippen LogP contribution in [-0.4, -0.2) is 41.6 Å². The van der Waals surface area contributed by atoms with Crippen molar-refractivity contribution in [2.75, 3.05) is 21.3 Å². The number of nitrogens with one attached hydrogen (secondary N) is 1. The molecule has 0 aliphatic heterocycles. The summed E-state index contributed by atoms with van der Waals surface area (Å²) in [5.74, 6) is 0.452. The van der Waals surface area contributed by atoms with Crippen LogP contribution in [0.25, 0.3) is 0 Å². The van der Waals surface area contributed by atoms with Gasteiger partial charge in [0.2, 0.25) is 5.91 Å². The first-order chi connectivity index (χ1) is 9.18. The maximum Gasteiger partial charge on any atom is 0.500 e. The van der Waals surface area contributed by atoms with Crippen molar-refractivity contribution >= 4 is 14.7 Å². The smallest absolute Gasteiger partial charge is 0.377 e. The molecule has 0 aromatic carbocycles. The maximum absolute atomic E-state index is 11.8. The lowest BCUT2D eigenvalue weighted by atomic mass is 10.0. The second kappa shape index (κ2) is 8.77. The largest absolute Gasteiger partial charge is 0.500 e. The highest BCUT2D eigenvalue weighted by atomic mass is 28.4. The highest BCUT2D eigenvalue weighted by molar-refractivity contribution is 6.60. The molecule has 5 nitrogen and oxygen atoms in total. The summed E-state index contributed by atoms with van der Waals surface area (Å²) in [6.07, 6.45) is 2.45. The lowest BCUT2D eigenvalue weighted by molar-refractivity contribution is -0.123. The number of carbonyl (C=O) groups is 1. The van der Waals surface area contributed by atoms with Gasteiger partial charge in [-0.15, -0.1) is 0 Å². The zero-order valence-electron chi connectivity index (χ0n) is 14.0. The molecule has 0 saturated carbocycles. The van der Waals surface area contributed by atoms with Crippen LogP contribution in [0.1, 0.15) is 47.0 Å². The molecule has 0 heterocycles. The molecule has 0 fully saturated rings. The Bertz CT molecular complexity index is 279. The summed E-state index contributed by atoms with van der Waals surface area (Å²) in [6, 6.07) is 0.779. The number of carbonyl (C=O) groups excluding carboxylic acids is 1. The first-order valence-electron chi connectivity index (χ1n) is 7.14. The first-order valence-corrected chi connectivity index (χ1v) is 9.07. The Morgan fingerprint density at radius 2 is 1.65 bits per heavy atom. The summed E-state index contributed by atoms with van der Waals surface area (Å²) in [5.41, 5.74) is -0.166. The number of rotatable bonds is 9. The Labute approximate surface area is 124 Å². The van der Waals surface area contributed by atoms with Crippen LogP contribution in [0.2, 0.25) is 6.04 Å². The zero-order chi connectivity index (χ0) is 15.8. The van der Waals surface area contributed by atoms with Crippen LogP contribution in [0, 0.1) is 5.92 Å². The van der Waals surface area contributed by atoms with Crippen molar-refractivity contribution in [2.24, 2.45) is 5.92 Å². The van der Waals surface area contributed by atoms with Crippen LogP contribution < -0.4 is 5.32 Å². The Balaban J connectivity index is 4.05. The van der Waals surface area contributed by atoms with Gasteiger partial charge in [-0.3, -0.25) is 4.79 Å². The van der Waals surface area contributed by atoms with Gasteiger partial charge in [0.05, 0.1) is 0 Å². The van der Waals surface area contributed by atoms with E-state index in [1.165, 1.54) is 0 Å². The molecule has 6 heteroatoms. The third-order valence-electron chi connectivity index (χ3n) is 3.16. The predicted molar refractivity (Wildman–Crippen MR) is 82.5 cm³/mol. The first kappa shape index (κ1) is 19.6. The van der Waals surface area contributed by atoms with Crippen LogP contribution in [0.15, 0.2) is 0 Å². The molecule has 0 rings (SSSR count). The lowest BCUT2D eigenvalue weighted by Gasteiger charge is -2.25. The molecular weight excluding hydrogens is 274 g/mol. The Hall–Kier alpha value is -0.433. The van der Waals surface area contributed by atoms with Gasteiger partial charge in [0, 0.05) is 39.3 Å². The minimum absolute atomic E-state index is 0.110. The fraction of sp³-hybridized carbons (Fsp3) is 0.929. The number of amides is 1. The highest BCUT2D eigenvalue weighted by Gasteiger charge is 2.37. The van der Waals surface area contributed by atoms with Crippen LogP contribution in [0.3, 0.4) is 0 Å². The van der Waals surface area contributed by atoms with Gasteiger partial charge in [0.15, 0.2) is 0 Å². The van der Waals surface area contributed by atoms with Crippen molar-refractivity contribution in [3.8, 4) is 0 Å². The summed E-state index contributed by atoms with van der Waals surface area (Å²) in [7, 11) is 2.41. The van der Waals surface area contributed by atoms with E-state index in [1.807, 2.05) is 20.8 Å². The average molecular weight is 305 g/mol. The minimum Gasteiger partial charge on any atom is -0.377 e. The van der Waals surface area contributed by atoms with E-state index in [0.29, 0.717) is 12.3 Å². The molecule has 1 N–H and O–H groups in total. The zero-order valence-corrected chi connectivity index (χ0v) is 15.0. The molecule has 0 aliphatic carbocycles. The molecule has 120 valence electrons. The fourth-order valence-corrected chi connectivity index (χ4v) is 3.86. The molecule has 0 spiro atoms. The average Bonchev–Trinajstić information content (AvgIpc) is 2.32. The second-order valence-electron chi connectivity index (χ2n) is 6.30. The predicted octanol–water partition coefficient (Wildman–Crippen LogP) is 2.59. The summed E-state index contributed by atoms with van der Waals surface area (Å²) >= 11 is 0. The lowest BCUT2D eigenvalue weighted by Crippen LogP contribution is -2.42. The van der Waals surface area contributed by atoms with Crippen LogP contribution in [0.5, 0.6) is 0 Å². The topological polar surface area (TPSA) is 56.8 Å². The van der Waals surface area contributed by atoms with Gasteiger partial charge in [-0.05, 0) is 33.1 Å². The van der Waals surface area contributed by atoms with Crippen molar-refractivity contribution in [2.45, 2.75) is 58.5 Å². The van der Waals surface area contributed by atoms with Gasteiger partial charge in [-0.2, -0.15) is 0 Å². The third kappa shape index (κ3) is 7.99. The molecule has 20 heavy (non-hydrogen) atoms. The second-order valence-corrected chi connectivity index (χ2v) is 9.39. The fourth-order valence-electron chi connectivity index (χ4n) is 2.11. The van der Waals surface area contributed by atoms with Crippen molar-refractivity contribution in [3.05, 3.63) is 0 Å². The van der Waals surface area contributed by atoms with E-state index in [-0.39, 0.29) is 11.4 Å². The van der Waals surface area contributed by atoms with Gasteiger partial charge in [-0.25, -0.2) is 0 Å².